The van der Waals surface area contributed by atoms with Crippen LogP contribution in [0, 0.1) is 0 Å². The van der Waals surface area contributed by atoms with Crippen molar-refractivity contribution in [3.05, 3.63) is 0 Å². The third kappa shape index (κ3) is 0.778. The summed E-state index contributed by atoms with van der Waals surface area (Å²) in [4.78, 5) is 10.8. The van der Waals surface area contributed by atoms with Gasteiger partial charge in [-0.2, -0.15) is 0 Å². The quantitative estimate of drug-likeness (QED) is 0.522. The van der Waals surface area contributed by atoms with Crippen LogP contribution in [0.2, 0.25) is 0 Å². The maximum absolute atomic E-state index is 10.8. The van der Waals surface area contributed by atoms with Gasteiger partial charge in [0, 0.05) is 0 Å². The molecule has 2 heteroatoms. The Morgan fingerprint density at radius 2 is 2.22 bits per heavy atom. The summed E-state index contributed by atoms with van der Waals surface area (Å²) in [7, 11) is 0. The van der Waals surface area contributed by atoms with Crippen LogP contribution < -0.4 is 0 Å². The lowest BCUT2D eigenvalue weighted by Crippen LogP contribution is -2.22. The smallest absolute Gasteiger partial charge is 0.164 e. The molecule has 0 aliphatic carbocycles. The minimum absolute atomic E-state index is 0.153. The number of carbonyl (C=O) groups is 1. The van der Waals surface area contributed by atoms with Crippen LogP contribution in [0.15, 0.2) is 0 Å². The molecule has 0 unspecified atom stereocenters. The van der Waals surface area contributed by atoms with Crippen molar-refractivity contribution < 1.29 is 9.53 Å². The van der Waals surface area contributed by atoms with Crippen LogP contribution in [0.5, 0.6) is 0 Å². The van der Waals surface area contributed by atoms with E-state index in [4.69, 9.17) is 4.74 Å². The van der Waals surface area contributed by atoms with E-state index in [0.29, 0.717) is 0 Å². The topological polar surface area (TPSA) is 29.6 Å². The highest BCUT2D eigenvalue weighted by Crippen LogP contribution is 2.39. The lowest BCUT2D eigenvalue weighted by molar-refractivity contribution is -0.122. The Hall–Kier alpha value is -0.370. The van der Waals surface area contributed by atoms with E-state index >= 15 is 0 Å². The molecule has 1 saturated heterocycles. The third-order valence-electron chi connectivity index (χ3n) is 2.11. The first-order valence-corrected chi connectivity index (χ1v) is 3.32. The van der Waals surface area contributed by atoms with Crippen molar-refractivity contribution in [3.63, 3.8) is 0 Å². The molecule has 2 nitrogen and oxygen atoms in total. The van der Waals surface area contributed by atoms with Gasteiger partial charge in [-0.25, -0.2) is 0 Å². The lowest BCUT2D eigenvalue weighted by atomic mass is 9.99. The van der Waals surface area contributed by atoms with E-state index in [-0.39, 0.29) is 17.5 Å². The number of ether oxygens (including phenoxy) is 1. The first-order chi connectivity index (χ1) is 4.13. The van der Waals surface area contributed by atoms with E-state index in [2.05, 4.69) is 0 Å². The van der Waals surface area contributed by atoms with Crippen molar-refractivity contribution in [2.45, 2.75) is 38.9 Å². The number of carbonyl (C=O) groups excluding carboxylic acids is 1. The molecule has 0 radical (unpaired) electrons. The largest absolute Gasteiger partial charge is 0.358 e. The van der Waals surface area contributed by atoms with E-state index in [1.54, 1.807) is 6.92 Å². The molecule has 0 saturated carbocycles. The van der Waals surface area contributed by atoms with E-state index in [1.807, 2.05) is 13.8 Å². The van der Waals surface area contributed by atoms with Crippen molar-refractivity contribution in [1.29, 1.82) is 0 Å². The number of epoxide rings is 1. The highest BCUT2D eigenvalue weighted by molar-refractivity contribution is 5.88. The number of rotatable bonds is 2. The van der Waals surface area contributed by atoms with Crippen molar-refractivity contribution in [3.8, 4) is 0 Å². The van der Waals surface area contributed by atoms with Gasteiger partial charge in [0.1, 0.15) is 0 Å². The highest BCUT2D eigenvalue weighted by Gasteiger charge is 2.55. The fourth-order valence-electron chi connectivity index (χ4n) is 1.27. The molecule has 0 aromatic heterocycles. The molecule has 0 spiro atoms. The minimum Gasteiger partial charge on any atom is -0.358 e. The Morgan fingerprint density at radius 3 is 2.22 bits per heavy atom. The summed E-state index contributed by atoms with van der Waals surface area (Å²) in [5.41, 5.74) is -0.389. The molecule has 0 bridgehead atoms. The predicted octanol–water partition coefficient (Wildman–Crippen LogP) is 1.14. The Balaban J connectivity index is 2.62. The van der Waals surface area contributed by atoms with Gasteiger partial charge in [-0.15, -0.1) is 0 Å². The van der Waals surface area contributed by atoms with Gasteiger partial charge in [0.15, 0.2) is 11.4 Å². The van der Waals surface area contributed by atoms with Crippen LogP contribution in [0.3, 0.4) is 0 Å². The van der Waals surface area contributed by atoms with E-state index in [1.165, 1.54) is 0 Å². The zero-order valence-electron chi connectivity index (χ0n) is 6.10. The summed E-state index contributed by atoms with van der Waals surface area (Å²) in [5, 5.41) is 0. The second-order valence-corrected chi connectivity index (χ2v) is 2.56. The van der Waals surface area contributed by atoms with Gasteiger partial charge < -0.3 is 4.74 Å². The molecule has 1 aliphatic rings. The SMILES string of the molecule is CC[C@@]1(C(C)=O)O[C@H]1C. The zero-order chi connectivity index (χ0) is 7.07. The maximum Gasteiger partial charge on any atom is 0.164 e. The molecule has 1 heterocycles. The number of ketones is 1. The summed E-state index contributed by atoms with van der Waals surface area (Å²) in [6.45, 7) is 5.50. The molecule has 0 amide bonds. The molecule has 2 atom stereocenters. The van der Waals surface area contributed by atoms with Crippen LogP contribution in [0.4, 0.5) is 0 Å². The zero-order valence-corrected chi connectivity index (χ0v) is 6.10. The first-order valence-electron chi connectivity index (χ1n) is 3.32. The van der Waals surface area contributed by atoms with Crippen LogP contribution in [0.25, 0.3) is 0 Å². The van der Waals surface area contributed by atoms with E-state index in [9.17, 15) is 4.79 Å². The van der Waals surface area contributed by atoms with Gasteiger partial charge in [0.05, 0.1) is 6.10 Å². The van der Waals surface area contributed by atoms with Gasteiger partial charge in [-0.05, 0) is 20.3 Å². The molecule has 0 aromatic rings. The fraction of sp³-hybridized carbons (Fsp3) is 0.857. The first kappa shape index (κ1) is 6.75. The van der Waals surface area contributed by atoms with Crippen LogP contribution in [-0.2, 0) is 9.53 Å². The molecular formula is C7H12O2. The molecule has 9 heavy (non-hydrogen) atoms. The minimum atomic E-state index is -0.389. The average molecular weight is 128 g/mol. The second-order valence-electron chi connectivity index (χ2n) is 2.56. The second kappa shape index (κ2) is 1.81. The number of Topliss-reactive ketones (excluding diaryl/α,β-unsaturated/α-hetero) is 1. The van der Waals surface area contributed by atoms with E-state index < -0.39 is 0 Å². The molecule has 52 valence electrons. The normalized spacial score (nSPS) is 40.6. The van der Waals surface area contributed by atoms with Gasteiger partial charge in [-0.1, -0.05) is 6.92 Å². The maximum atomic E-state index is 10.8. The summed E-state index contributed by atoms with van der Waals surface area (Å²) in [6, 6.07) is 0. The van der Waals surface area contributed by atoms with Crippen molar-refractivity contribution >= 4 is 5.78 Å². The summed E-state index contributed by atoms with van der Waals surface area (Å²) < 4.78 is 5.17. The summed E-state index contributed by atoms with van der Waals surface area (Å²) in [5.74, 6) is 0.164. The molecule has 1 fully saturated rings. The van der Waals surface area contributed by atoms with Gasteiger partial charge in [0.2, 0.25) is 0 Å². The van der Waals surface area contributed by atoms with Crippen molar-refractivity contribution in [2.24, 2.45) is 0 Å². The van der Waals surface area contributed by atoms with E-state index in [0.717, 1.165) is 6.42 Å². The Morgan fingerprint density at radius 1 is 1.78 bits per heavy atom. The molecule has 1 aliphatic heterocycles. The van der Waals surface area contributed by atoms with Crippen LogP contribution in [-0.4, -0.2) is 17.5 Å². The number of hydrogen-bond acceptors (Lipinski definition) is 2. The van der Waals surface area contributed by atoms with Crippen LogP contribution >= 0.6 is 0 Å². The Labute approximate surface area is 55.2 Å². The standard InChI is InChI=1S/C7H12O2/c1-4-7(5(2)8)6(3)9-7/h6H,4H2,1-3H3/t6-,7-/m0/s1. The van der Waals surface area contributed by atoms with Crippen LogP contribution in [0.1, 0.15) is 27.2 Å². The highest BCUT2D eigenvalue weighted by atomic mass is 16.6. The van der Waals surface area contributed by atoms with Gasteiger partial charge in [-0.3, -0.25) is 4.79 Å². The van der Waals surface area contributed by atoms with Gasteiger partial charge >= 0.3 is 0 Å². The Kier molecular flexibility index (Phi) is 1.35. The summed E-state index contributed by atoms with van der Waals surface area (Å²) >= 11 is 0. The number of hydrogen-bond donors (Lipinski definition) is 0. The monoisotopic (exact) mass is 128 g/mol. The third-order valence-corrected chi connectivity index (χ3v) is 2.11. The fourth-order valence-corrected chi connectivity index (χ4v) is 1.27. The van der Waals surface area contributed by atoms with Crippen molar-refractivity contribution in [1.82, 2.24) is 0 Å². The van der Waals surface area contributed by atoms with Crippen molar-refractivity contribution in [2.75, 3.05) is 0 Å². The predicted molar refractivity (Wildman–Crippen MR) is 34.2 cm³/mol. The van der Waals surface area contributed by atoms with Gasteiger partial charge in [0.25, 0.3) is 0 Å². The lowest BCUT2D eigenvalue weighted by Gasteiger charge is -2.01. The average Bonchev–Trinajstić information content (AvgIpc) is 2.43. The Bertz CT molecular complexity index is 138. The molecular weight excluding hydrogens is 116 g/mol. The summed E-state index contributed by atoms with van der Waals surface area (Å²) in [6.07, 6.45) is 0.962. The molecule has 0 N–H and O–H groups in total. The molecule has 1 rings (SSSR count). The molecule has 0 aromatic carbocycles.